The van der Waals surface area contributed by atoms with Crippen molar-refractivity contribution in [3.8, 4) is 11.6 Å². The molecule has 0 saturated heterocycles. The quantitative estimate of drug-likeness (QED) is 0.513. The van der Waals surface area contributed by atoms with E-state index in [1.165, 1.54) is 5.57 Å². The van der Waals surface area contributed by atoms with Gasteiger partial charge in [0.1, 0.15) is 5.75 Å². The van der Waals surface area contributed by atoms with Crippen LogP contribution in [0.1, 0.15) is 24.5 Å². The molecule has 0 saturated carbocycles. The number of nitrogens with one attached hydrogen (secondary N) is 1. The monoisotopic (exact) mass is 342 g/mol. The SMILES string of the molecule is CC/C(=C\c1ccc2[nH]ncc2c1)c1cccc(Oc2cnccn2)c1. The largest absolute Gasteiger partial charge is 0.437 e. The highest BCUT2D eigenvalue weighted by Gasteiger charge is 2.05. The maximum Gasteiger partial charge on any atom is 0.237 e. The summed E-state index contributed by atoms with van der Waals surface area (Å²) in [6.45, 7) is 2.15. The maximum atomic E-state index is 5.80. The Kier molecular flexibility index (Phi) is 4.43. The molecule has 0 atom stereocenters. The van der Waals surface area contributed by atoms with Gasteiger partial charge < -0.3 is 4.74 Å². The molecule has 5 heteroatoms. The van der Waals surface area contributed by atoms with Crippen molar-refractivity contribution in [2.45, 2.75) is 13.3 Å². The predicted octanol–water partition coefficient (Wildman–Crippen LogP) is 5.10. The molecule has 2 heterocycles. The van der Waals surface area contributed by atoms with Crippen LogP contribution in [0.5, 0.6) is 11.6 Å². The van der Waals surface area contributed by atoms with Gasteiger partial charge in [-0.2, -0.15) is 5.10 Å². The van der Waals surface area contributed by atoms with E-state index < -0.39 is 0 Å². The van der Waals surface area contributed by atoms with Crippen LogP contribution < -0.4 is 4.74 Å². The van der Waals surface area contributed by atoms with Gasteiger partial charge >= 0.3 is 0 Å². The highest BCUT2D eigenvalue weighted by molar-refractivity contribution is 5.86. The van der Waals surface area contributed by atoms with Gasteiger partial charge in [-0.15, -0.1) is 0 Å². The fraction of sp³-hybridized carbons (Fsp3) is 0.0952. The van der Waals surface area contributed by atoms with Crippen molar-refractivity contribution in [1.29, 1.82) is 0 Å². The van der Waals surface area contributed by atoms with Crippen LogP contribution in [-0.4, -0.2) is 20.2 Å². The number of hydrogen-bond acceptors (Lipinski definition) is 4. The Morgan fingerprint density at radius 1 is 1.12 bits per heavy atom. The number of aromatic nitrogens is 4. The minimum atomic E-state index is 0.483. The first-order chi connectivity index (χ1) is 12.8. The van der Waals surface area contributed by atoms with Gasteiger partial charge in [0, 0.05) is 17.8 Å². The third-order valence-electron chi connectivity index (χ3n) is 4.15. The molecule has 0 aliphatic heterocycles. The molecule has 4 aromatic rings. The zero-order valence-corrected chi connectivity index (χ0v) is 14.4. The summed E-state index contributed by atoms with van der Waals surface area (Å²) >= 11 is 0. The van der Waals surface area contributed by atoms with Gasteiger partial charge in [-0.3, -0.25) is 10.1 Å². The van der Waals surface area contributed by atoms with Gasteiger partial charge in [0.05, 0.1) is 17.9 Å². The molecule has 0 unspecified atom stereocenters. The third-order valence-corrected chi connectivity index (χ3v) is 4.15. The molecular weight excluding hydrogens is 324 g/mol. The molecule has 0 amide bonds. The molecule has 2 aromatic heterocycles. The van der Waals surface area contributed by atoms with Crippen LogP contribution in [0.25, 0.3) is 22.6 Å². The molecule has 128 valence electrons. The molecule has 0 spiro atoms. The third kappa shape index (κ3) is 3.47. The van der Waals surface area contributed by atoms with E-state index >= 15 is 0 Å². The topological polar surface area (TPSA) is 63.7 Å². The van der Waals surface area contributed by atoms with Gasteiger partial charge in [0.15, 0.2) is 0 Å². The van der Waals surface area contributed by atoms with Crippen LogP contribution in [0, 0.1) is 0 Å². The number of aromatic amines is 1. The van der Waals surface area contributed by atoms with Crippen LogP contribution in [0.15, 0.2) is 67.3 Å². The number of allylic oxidation sites excluding steroid dienone is 1. The van der Waals surface area contributed by atoms with Crippen molar-refractivity contribution in [3.05, 3.63) is 78.4 Å². The fourth-order valence-corrected chi connectivity index (χ4v) is 2.86. The van der Waals surface area contributed by atoms with E-state index in [1.807, 2.05) is 24.4 Å². The average Bonchev–Trinajstić information content (AvgIpc) is 3.15. The van der Waals surface area contributed by atoms with E-state index in [9.17, 15) is 0 Å². The smallest absolute Gasteiger partial charge is 0.237 e. The van der Waals surface area contributed by atoms with Gasteiger partial charge in [0.2, 0.25) is 5.88 Å². The van der Waals surface area contributed by atoms with E-state index in [4.69, 9.17) is 4.74 Å². The zero-order chi connectivity index (χ0) is 17.8. The molecule has 0 radical (unpaired) electrons. The van der Waals surface area contributed by atoms with Crippen LogP contribution in [0.4, 0.5) is 0 Å². The van der Waals surface area contributed by atoms with Gasteiger partial charge in [-0.1, -0.05) is 31.2 Å². The van der Waals surface area contributed by atoms with Gasteiger partial charge in [0.25, 0.3) is 0 Å². The summed E-state index contributed by atoms with van der Waals surface area (Å²) in [7, 11) is 0. The molecule has 5 nitrogen and oxygen atoms in total. The van der Waals surface area contributed by atoms with Crippen molar-refractivity contribution in [2.24, 2.45) is 0 Å². The van der Waals surface area contributed by atoms with Crippen molar-refractivity contribution >= 4 is 22.6 Å². The van der Waals surface area contributed by atoms with Crippen LogP contribution in [0.3, 0.4) is 0 Å². The van der Waals surface area contributed by atoms with E-state index in [0.717, 1.165) is 34.2 Å². The van der Waals surface area contributed by atoms with Crippen molar-refractivity contribution in [3.63, 3.8) is 0 Å². The number of nitrogens with zero attached hydrogens (tertiary/aromatic N) is 3. The summed E-state index contributed by atoms with van der Waals surface area (Å²) < 4.78 is 5.80. The first kappa shape index (κ1) is 16.0. The Hall–Kier alpha value is -3.47. The Morgan fingerprint density at radius 2 is 2.08 bits per heavy atom. The first-order valence-corrected chi connectivity index (χ1v) is 8.50. The summed E-state index contributed by atoms with van der Waals surface area (Å²) in [6, 6.07) is 14.3. The highest BCUT2D eigenvalue weighted by Crippen LogP contribution is 2.27. The van der Waals surface area contributed by atoms with E-state index in [2.05, 4.69) is 57.4 Å². The summed E-state index contributed by atoms with van der Waals surface area (Å²) in [6.07, 6.45) is 9.80. The molecular formula is C21H18N4O. The average molecular weight is 342 g/mol. The summed E-state index contributed by atoms with van der Waals surface area (Å²) in [5.41, 5.74) is 4.55. The van der Waals surface area contributed by atoms with E-state index in [0.29, 0.717) is 5.88 Å². The Labute approximate surface area is 151 Å². The molecule has 0 bridgehead atoms. The molecule has 1 N–H and O–H groups in total. The number of rotatable bonds is 5. The van der Waals surface area contributed by atoms with Crippen molar-refractivity contribution in [1.82, 2.24) is 20.2 Å². The molecule has 4 rings (SSSR count). The number of fused-ring (bicyclic) bond motifs is 1. The van der Waals surface area contributed by atoms with E-state index in [1.54, 1.807) is 18.6 Å². The van der Waals surface area contributed by atoms with Crippen LogP contribution in [-0.2, 0) is 0 Å². The Balaban J connectivity index is 1.64. The Morgan fingerprint density at radius 3 is 2.92 bits per heavy atom. The first-order valence-electron chi connectivity index (χ1n) is 8.50. The van der Waals surface area contributed by atoms with E-state index in [-0.39, 0.29) is 0 Å². The molecule has 0 aliphatic rings. The van der Waals surface area contributed by atoms with Crippen LogP contribution >= 0.6 is 0 Å². The van der Waals surface area contributed by atoms with Gasteiger partial charge in [-0.25, -0.2) is 4.98 Å². The molecule has 0 fully saturated rings. The molecule has 2 aromatic carbocycles. The predicted molar refractivity (Wildman–Crippen MR) is 103 cm³/mol. The van der Waals surface area contributed by atoms with Gasteiger partial charge in [-0.05, 0) is 47.4 Å². The maximum absolute atomic E-state index is 5.80. The molecule has 26 heavy (non-hydrogen) atoms. The highest BCUT2D eigenvalue weighted by atomic mass is 16.5. The fourth-order valence-electron chi connectivity index (χ4n) is 2.86. The number of hydrogen-bond donors (Lipinski definition) is 1. The lowest BCUT2D eigenvalue weighted by Crippen LogP contribution is -1.90. The Bertz CT molecular complexity index is 1050. The number of benzene rings is 2. The normalized spacial score (nSPS) is 11.7. The summed E-state index contributed by atoms with van der Waals surface area (Å²) in [5.74, 6) is 1.23. The lowest BCUT2D eigenvalue weighted by Gasteiger charge is -2.09. The second-order valence-electron chi connectivity index (χ2n) is 5.91. The number of H-pyrrole nitrogens is 1. The second-order valence-corrected chi connectivity index (χ2v) is 5.91. The minimum absolute atomic E-state index is 0.483. The second kappa shape index (κ2) is 7.19. The molecule has 0 aliphatic carbocycles. The standard InChI is InChI=1S/C21H18N4O/c1-2-16(10-15-6-7-20-18(11-15)13-24-25-20)17-4-3-5-19(12-17)26-21-14-22-8-9-23-21/h3-14H,2H2,1H3,(H,24,25)/b16-10+. The minimum Gasteiger partial charge on any atom is -0.437 e. The number of ether oxygens (including phenoxy) is 1. The summed E-state index contributed by atoms with van der Waals surface area (Å²) in [5, 5.41) is 8.16. The lowest BCUT2D eigenvalue weighted by molar-refractivity contribution is 0.460. The van der Waals surface area contributed by atoms with Crippen molar-refractivity contribution in [2.75, 3.05) is 0 Å². The van der Waals surface area contributed by atoms with Crippen molar-refractivity contribution < 1.29 is 4.74 Å². The summed E-state index contributed by atoms with van der Waals surface area (Å²) in [4.78, 5) is 8.18. The zero-order valence-electron chi connectivity index (χ0n) is 14.4. The van der Waals surface area contributed by atoms with Crippen LogP contribution in [0.2, 0.25) is 0 Å². The lowest BCUT2D eigenvalue weighted by atomic mass is 10.00.